The molecule has 3 aliphatic rings. The van der Waals surface area contributed by atoms with Crippen molar-refractivity contribution in [2.75, 3.05) is 0 Å². The minimum atomic E-state index is -0.343. The molecule has 0 bridgehead atoms. The van der Waals surface area contributed by atoms with Gasteiger partial charge < -0.3 is 10.6 Å². The molecule has 2 amide bonds. The first-order valence-electron chi connectivity index (χ1n) is 9.84. The van der Waals surface area contributed by atoms with Crippen LogP contribution in [-0.4, -0.2) is 23.9 Å². The van der Waals surface area contributed by atoms with Gasteiger partial charge in [-0.15, -0.1) is 0 Å². The molecule has 4 heteroatoms. The summed E-state index contributed by atoms with van der Waals surface area (Å²) >= 11 is 0. The molecule has 134 valence electrons. The Balaban J connectivity index is 1.39. The number of hydrogen-bond donors (Lipinski definition) is 2. The average molecular weight is 340 g/mol. The maximum absolute atomic E-state index is 13.1. The van der Waals surface area contributed by atoms with Crippen LogP contribution in [0.2, 0.25) is 0 Å². The molecule has 2 N–H and O–H groups in total. The molecule has 0 spiro atoms. The number of benzene rings is 1. The lowest BCUT2D eigenvalue weighted by atomic mass is 9.63. The highest BCUT2D eigenvalue weighted by Gasteiger charge is 2.46. The lowest BCUT2D eigenvalue weighted by Gasteiger charge is -2.42. The number of rotatable bonds is 5. The van der Waals surface area contributed by atoms with Gasteiger partial charge in [0.15, 0.2) is 0 Å². The summed E-state index contributed by atoms with van der Waals surface area (Å²) in [6, 6.07) is 10.7. The van der Waals surface area contributed by atoms with E-state index in [1.807, 2.05) is 18.2 Å². The van der Waals surface area contributed by atoms with Crippen molar-refractivity contribution in [2.45, 2.75) is 75.3 Å². The zero-order chi connectivity index (χ0) is 17.3. The lowest BCUT2D eigenvalue weighted by Crippen LogP contribution is -2.53. The van der Waals surface area contributed by atoms with Crippen molar-refractivity contribution in [2.24, 2.45) is 5.92 Å². The van der Waals surface area contributed by atoms with E-state index >= 15 is 0 Å². The zero-order valence-corrected chi connectivity index (χ0v) is 14.8. The van der Waals surface area contributed by atoms with Crippen LogP contribution >= 0.6 is 0 Å². The summed E-state index contributed by atoms with van der Waals surface area (Å²) in [6.07, 6.45) is 8.97. The molecule has 0 aromatic heterocycles. The molecule has 0 aliphatic heterocycles. The van der Waals surface area contributed by atoms with Gasteiger partial charge in [-0.25, -0.2) is 0 Å². The van der Waals surface area contributed by atoms with Gasteiger partial charge >= 0.3 is 0 Å². The van der Waals surface area contributed by atoms with Crippen molar-refractivity contribution in [1.82, 2.24) is 10.6 Å². The minimum Gasteiger partial charge on any atom is -0.353 e. The zero-order valence-electron chi connectivity index (χ0n) is 14.8. The highest BCUT2D eigenvalue weighted by Crippen LogP contribution is 2.44. The van der Waals surface area contributed by atoms with E-state index in [1.165, 1.54) is 0 Å². The van der Waals surface area contributed by atoms with Gasteiger partial charge in [0.2, 0.25) is 11.8 Å². The Morgan fingerprint density at radius 1 is 0.880 bits per heavy atom. The monoisotopic (exact) mass is 340 g/mol. The van der Waals surface area contributed by atoms with Crippen LogP contribution in [0.5, 0.6) is 0 Å². The Hall–Kier alpha value is -1.84. The molecule has 2 unspecified atom stereocenters. The van der Waals surface area contributed by atoms with E-state index in [4.69, 9.17) is 0 Å². The third-order valence-corrected chi connectivity index (χ3v) is 6.27. The molecule has 2 atom stereocenters. The summed E-state index contributed by atoms with van der Waals surface area (Å²) in [5, 5.41) is 6.42. The first kappa shape index (κ1) is 16.6. The Labute approximate surface area is 149 Å². The summed E-state index contributed by atoms with van der Waals surface area (Å²) in [5.74, 6) is 0.426. The first-order chi connectivity index (χ1) is 12.2. The van der Waals surface area contributed by atoms with Gasteiger partial charge in [0.25, 0.3) is 0 Å². The summed E-state index contributed by atoms with van der Waals surface area (Å²) in [4.78, 5) is 25.4. The van der Waals surface area contributed by atoms with E-state index in [-0.39, 0.29) is 29.2 Å². The van der Waals surface area contributed by atoms with Gasteiger partial charge in [0.05, 0.1) is 5.41 Å². The fraction of sp³-hybridized carbons (Fsp3) is 0.619. The van der Waals surface area contributed by atoms with Gasteiger partial charge in [-0.2, -0.15) is 0 Å². The van der Waals surface area contributed by atoms with Crippen molar-refractivity contribution in [3.8, 4) is 0 Å². The average Bonchev–Trinajstić information content (AvgIpc) is 3.39. The SMILES string of the molecule is O=C(NC1CC1)C1CCCC(NC(=O)C2(c3ccccc3)CCC2)C1. The Morgan fingerprint density at radius 3 is 2.28 bits per heavy atom. The molecule has 0 radical (unpaired) electrons. The number of carbonyl (C=O) groups excluding carboxylic acids is 2. The molecule has 3 aliphatic carbocycles. The van der Waals surface area contributed by atoms with Gasteiger partial charge in [0, 0.05) is 18.0 Å². The predicted molar refractivity (Wildman–Crippen MR) is 97.0 cm³/mol. The Kier molecular flexibility index (Phi) is 4.53. The highest BCUT2D eigenvalue weighted by atomic mass is 16.2. The molecule has 0 heterocycles. The van der Waals surface area contributed by atoms with Gasteiger partial charge in [-0.1, -0.05) is 43.2 Å². The van der Waals surface area contributed by atoms with E-state index in [9.17, 15) is 9.59 Å². The molecule has 0 saturated heterocycles. The van der Waals surface area contributed by atoms with Gasteiger partial charge in [-0.05, 0) is 50.5 Å². The second kappa shape index (κ2) is 6.81. The normalized spacial score (nSPS) is 27.8. The number of amides is 2. The van der Waals surface area contributed by atoms with Crippen molar-refractivity contribution < 1.29 is 9.59 Å². The lowest BCUT2D eigenvalue weighted by molar-refractivity contribution is -0.132. The van der Waals surface area contributed by atoms with Crippen LogP contribution in [0.25, 0.3) is 0 Å². The van der Waals surface area contributed by atoms with E-state index < -0.39 is 0 Å². The second-order valence-electron chi connectivity index (χ2n) is 8.12. The second-order valence-corrected chi connectivity index (χ2v) is 8.12. The van der Waals surface area contributed by atoms with Crippen molar-refractivity contribution in [3.05, 3.63) is 35.9 Å². The molecule has 3 saturated carbocycles. The summed E-state index contributed by atoms with van der Waals surface area (Å²) in [5.41, 5.74) is 0.794. The summed E-state index contributed by atoms with van der Waals surface area (Å²) in [7, 11) is 0. The fourth-order valence-electron chi connectivity index (χ4n) is 4.36. The molecule has 25 heavy (non-hydrogen) atoms. The van der Waals surface area contributed by atoms with Crippen LogP contribution in [0.1, 0.15) is 63.4 Å². The van der Waals surface area contributed by atoms with Crippen LogP contribution in [0.15, 0.2) is 30.3 Å². The molecule has 1 aromatic rings. The number of carbonyl (C=O) groups is 2. The van der Waals surface area contributed by atoms with Crippen molar-refractivity contribution in [3.63, 3.8) is 0 Å². The highest BCUT2D eigenvalue weighted by molar-refractivity contribution is 5.89. The largest absolute Gasteiger partial charge is 0.353 e. The number of nitrogens with one attached hydrogen (secondary N) is 2. The van der Waals surface area contributed by atoms with Crippen LogP contribution in [-0.2, 0) is 15.0 Å². The third-order valence-electron chi connectivity index (χ3n) is 6.27. The minimum absolute atomic E-state index is 0.0636. The van der Waals surface area contributed by atoms with E-state index in [0.717, 1.165) is 63.4 Å². The van der Waals surface area contributed by atoms with Crippen LogP contribution < -0.4 is 10.6 Å². The number of hydrogen-bond acceptors (Lipinski definition) is 2. The molecule has 1 aromatic carbocycles. The molecule has 4 rings (SSSR count). The molecular weight excluding hydrogens is 312 g/mol. The fourth-order valence-corrected chi connectivity index (χ4v) is 4.36. The smallest absolute Gasteiger partial charge is 0.230 e. The quantitative estimate of drug-likeness (QED) is 0.865. The molecular formula is C21H28N2O2. The summed E-state index contributed by atoms with van der Waals surface area (Å²) < 4.78 is 0. The predicted octanol–water partition coefficient (Wildman–Crippen LogP) is 3.06. The van der Waals surface area contributed by atoms with Gasteiger partial charge in [0.1, 0.15) is 0 Å². The van der Waals surface area contributed by atoms with Crippen LogP contribution in [0.3, 0.4) is 0 Å². The van der Waals surface area contributed by atoms with E-state index in [2.05, 4.69) is 22.8 Å². The molecule has 4 nitrogen and oxygen atoms in total. The first-order valence-corrected chi connectivity index (χ1v) is 9.84. The van der Waals surface area contributed by atoms with E-state index in [1.54, 1.807) is 0 Å². The van der Waals surface area contributed by atoms with Gasteiger partial charge in [-0.3, -0.25) is 9.59 Å². The Bertz CT molecular complexity index is 635. The van der Waals surface area contributed by atoms with Crippen LogP contribution in [0.4, 0.5) is 0 Å². The van der Waals surface area contributed by atoms with Crippen LogP contribution in [0, 0.1) is 5.92 Å². The molecule has 3 fully saturated rings. The van der Waals surface area contributed by atoms with Crippen molar-refractivity contribution in [1.29, 1.82) is 0 Å². The maximum Gasteiger partial charge on any atom is 0.230 e. The third kappa shape index (κ3) is 3.44. The summed E-state index contributed by atoms with van der Waals surface area (Å²) in [6.45, 7) is 0. The standard InChI is InChI=1S/C21H28N2O2/c24-19(22-17-10-11-17)15-6-4-9-18(14-15)23-20(25)21(12-5-13-21)16-7-2-1-3-8-16/h1-3,7-8,15,17-18H,4-6,9-14H2,(H,22,24)(H,23,25). The van der Waals surface area contributed by atoms with Crippen molar-refractivity contribution >= 4 is 11.8 Å². The van der Waals surface area contributed by atoms with E-state index in [0.29, 0.717) is 6.04 Å². The Morgan fingerprint density at radius 2 is 1.64 bits per heavy atom. The topological polar surface area (TPSA) is 58.2 Å². The maximum atomic E-state index is 13.1.